The van der Waals surface area contributed by atoms with Crippen molar-refractivity contribution in [1.29, 1.82) is 5.26 Å². The number of ether oxygens (including phenoxy) is 3. The van der Waals surface area contributed by atoms with Gasteiger partial charge >= 0.3 is 5.97 Å². The predicted octanol–water partition coefficient (Wildman–Crippen LogP) is 5.88. The maximum atomic E-state index is 12.7. The van der Waals surface area contributed by atoms with Crippen molar-refractivity contribution in [3.63, 3.8) is 0 Å². The monoisotopic (exact) mass is 486 g/mol. The average molecular weight is 487 g/mol. The summed E-state index contributed by atoms with van der Waals surface area (Å²) in [5.74, 6) is 1.04. The second-order valence-corrected chi connectivity index (χ2v) is 9.40. The van der Waals surface area contributed by atoms with E-state index in [4.69, 9.17) is 19.9 Å². The molecule has 0 saturated heterocycles. The van der Waals surface area contributed by atoms with Crippen LogP contribution in [0.1, 0.15) is 41.3 Å². The quantitative estimate of drug-likeness (QED) is 0.253. The molecule has 1 atom stereocenters. The summed E-state index contributed by atoms with van der Waals surface area (Å²) in [4.78, 5) is 13.8. The van der Waals surface area contributed by atoms with Crippen molar-refractivity contribution in [2.24, 2.45) is 11.7 Å². The Morgan fingerprint density at radius 3 is 2.40 bits per heavy atom. The normalized spacial score (nSPS) is 14.7. The van der Waals surface area contributed by atoms with Crippen LogP contribution in [0.25, 0.3) is 0 Å². The summed E-state index contributed by atoms with van der Waals surface area (Å²) in [7, 11) is 0. The average Bonchev–Trinajstić information content (AvgIpc) is 2.87. The standard InChI is InChI=1S/C28H26N2O4S/c1-17(2)16-32-20-8-4-19(5-9-20)28(31)33-21-10-13-23-25(14-21)34-27(30)24(15-29)26(23)18-6-11-22(35-3)12-7-18/h4-14,17,26H,16,30H2,1-3H3. The fourth-order valence-electron chi connectivity index (χ4n) is 3.75. The lowest BCUT2D eigenvalue weighted by Crippen LogP contribution is -2.21. The molecule has 0 bridgehead atoms. The Hall–Kier alpha value is -3.89. The maximum Gasteiger partial charge on any atom is 0.343 e. The molecule has 2 N–H and O–H groups in total. The molecule has 35 heavy (non-hydrogen) atoms. The van der Waals surface area contributed by atoms with Crippen molar-refractivity contribution in [3.05, 3.63) is 94.9 Å². The van der Waals surface area contributed by atoms with Gasteiger partial charge in [0.1, 0.15) is 28.9 Å². The molecule has 178 valence electrons. The SMILES string of the molecule is CSc1ccc(C2C(C#N)=C(N)Oc3cc(OC(=O)c4ccc(OCC(C)C)cc4)ccc32)cc1. The number of carbonyl (C=O) groups excluding carboxylic acids is 1. The van der Waals surface area contributed by atoms with Crippen LogP contribution in [0.2, 0.25) is 0 Å². The topological polar surface area (TPSA) is 94.6 Å². The summed E-state index contributed by atoms with van der Waals surface area (Å²) in [5.41, 5.74) is 8.55. The number of fused-ring (bicyclic) bond motifs is 1. The Morgan fingerprint density at radius 1 is 1.09 bits per heavy atom. The van der Waals surface area contributed by atoms with Gasteiger partial charge in [-0.3, -0.25) is 0 Å². The third-order valence-corrected chi connectivity index (χ3v) is 6.27. The van der Waals surface area contributed by atoms with Crippen LogP contribution in [0.4, 0.5) is 0 Å². The number of carbonyl (C=O) groups is 1. The largest absolute Gasteiger partial charge is 0.493 e. The number of hydrogen-bond acceptors (Lipinski definition) is 7. The summed E-state index contributed by atoms with van der Waals surface area (Å²) < 4.78 is 17.0. The summed E-state index contributed by atoms with van der Waals surface area (Å²) >= 11 is 1.64. The van der Waals surface area contributed by atoms with E-state index >= 15 is 0 Å². The van der Waals surface area contributed by atoms with Gasteiger partial charge in [0, 0.05) is 16.5 Å². The third kappa shape index (κ3) is 5.44. The molecule has 0 radical (unpaired) electrons. The van der Waals surface area contributed by atoms with Crippen molar-refractivity contribution < 1.29 is 19.0 Å². The Kier molecular flexibility index (Phi) is 7.33. The predicted molar refractivity (Wildman–Crippen MR) is 136 cm³/mol. The zero-order valence-electron chi connectivity index (χ0n) is 19.8. The van der Waals surface area contributed by atoms with Crippen LogP contribution in [0.15, 0.2) is 83.1 Å². The van der Waals surface area contributed by atoms with Crippen molar-refractivity contribution in [2.75, 3.05) is 12.9 Å². The molecular weight excluding hydrogens is 460 g/mol. The lowest BCUT2D eigenvalue weighted by Gasteiger charge is -2.26. The highest BCUT2D eigenvalue weighted by molar-refractivity contribution is 7.98. The molecule has 0 amide bonds. The first-order valence-corrected chi connectivity index (χ1v) is 12.4. The van der Waals surface area contributed by atoms with Crippen LogP contribution in [0.5, 0.6) is 17.2 Å². The molecule has 1 heterocycles. The fraction of sp³-hybridized carbons (Fsp3) is 0.214. The molecule has 0 fully saturated rings. The Morgan fingerprint density at radius 2 is 1.77 bits per heavy atom. The van der Waals surface area contributed by atoms with E-state index in [0.29, 0.717) is 40.9 Å². The molecule has 1 aliphatic rings. The minimum absolute atomic E-state index is 0.0411. The number of allylic oxidation sites excluding steroid dienone is 1. The van der Waals surface area contributed by atoms with Gasteiger partial charge in [-0.15, -0.1) is 11.8 Å². The number of thioether (sulfide) groups is 1. The van der Waals surface area contributed by atoms with E-state index in [0.717, 1.165) is 16.0 Å². The second-order valence-electron chi connectivity index (χ2n) is 8.52. The summed E-state index contributed by atoms with van der Waals surface area (Å²) in [5, 5.41) is 9.75. The molecule has 0 aliphatic carbocycles. The summed E-state index contributed by atoms with van der Waals surface area (Å²) in [6.07, 6.45) is 2.01. The van der Waals surface area contributed by atoms with Gasteiger partial charge in [0.2, 0.25) is 5.88 Å². The lowest BCUT2D eigenvalue weighted by molar-refractivity contribution is 0.0734. The van der Waals surface area contributed by atoms with E-state index in [1.807, 2.05) is 30.5 Å². The number of nitrogens with zero attached hydrogens (tertiary/aromatic N) is 1. The van der Waals surface area contributed by atoms with E-state index < -0.39 is 5.97 Å². The number of benzene rings is 3. The van der Waals surface area contributed by atoms with Gasteiger partial charge in [-0.25, -0.2) is 4.79 Å². The van der Waals surface area contributed by atoms with Crippen LogP contribution < -0.4 is 19.9 Å². The number of nitrogens with two attached hydrogens (primary N) is 1. The molecular formula is C28H26N2O4S. The van der Waals surface area contributed by atoms with Crippen molar-refractivity contribution >= 4 is 17.7 Å². The molecule has 1 unspecified atom stereocenters. The molecule has 0 aromatic heterocycles. The molecule has 0 spiro atoms. The molecule has 1 aliphatic heterocycles. The first kappa shape index (κ1) is 24.2. The van der Waals surface area contributed by atoms with Crippen molar-refractivity contribution in [1.82, 2.24) is 0 Å². The van der Waals surface area contributed by atoms with Gasteiger partial charge in [0.05, 0.1) is 18.1 Å². The summed E-state index contributed by atoms with van der Waals surface area (Å²) in [6.45, 7) is 4.75. The smallest absolute Gasteiger partial charge is 0.343 e. The van der Waals surface area contributed by atoms with Gasteiger partial charge in [0.25, 0.3) is 0 Å². The van der Waals surface area contributed by atoms with E-state index in [-0.39, 0.29) is 11.8 Å². The third-order valence-electron chi connectivity index (χ3n) is 5.52. The zero-order valence-corrected chi connectivity index (χ0v) is 20.6. The summed E-state index contributed by atoms with van der Waals surface area (Å²) in [6, 6.07) is 22.1. The number of hydrogen-bond donors (Lipinski definition) is 1. The fourth-order valence-corrected chi connectivity index (χ4v) is 4.16. The van der Waals surface area contributed by atoms with Gasteiger partial charge in [-0.05, 0) is 60.2 Å². The first-order chi connectivity index (χ1) is 16.9. The number of rotatable bonds is 7. The Balaban J connectivity index is 1.56. The minimum Gasteiger partial charge on any atom is -0.493 e. The highest BCUT2D eigenvalue weighted by atomic mass is 32.2. The second kappa shape index (κ2) is 10.6. The van der Waals surface area contributed by atoms with Gasteiger partial charge in [-0.1, -0.05) is 32.0 Å². The van der Waals surface area contributed by atoms with Crippen molar-refractivity contribution in [3.8, 4) is 23.3 Å². The highest BCUT2D eigenvalue weighted by Crippen LogP contribution is 2.43. The van der Waals surface area contributed by atoms with E-state index in [1.54, 1.807) is 54.2 Å². The van der Waals surface area contributed by atoms with Gasteiger partial charge in [-0.2, -0.15) is 5.26 Å². The molecule has 7 heteroatoms. The van der Waals surface area contributed by atoms with Crippen LogP contribution in [-0.2, 0) is 0 Å². The minimum atomic E-state index is -0.499. The molecule has 4 rings (SSSR count). The lowest BCUT2D eigenvalue weighted by atomic mass is 9.83. The molecule has 3 aromatic carbocycles. The van der Waals surface area contributed by atoms with Crippen LogP contribution in [0, 0.1) is 17.2 Å². The highest BCUT2D eigenvalue weighted by Gasteiger charge is 2.31. The number of nitriles is 1. The Labute approximate surface area is 209 Å². The van der Waals surface area contributed by atoms with E-state index in [9.17, 15) is 10.1 Å². The Bertz CT molecular complexity index is 1290. The zero-order chi connectivity index (χ0) is 24.9. The molecule has 6 nitrogen and oxygen atoms in total. The van der Waals surface area contributed by atoms with Crippen LogP contribution in [0.3, 0.4) is 0 Å². The first-order valence-electron chi connectivity index (χ1n) is 11.2. The maximum absolute atomic E-state index is 12.7. The van der Waals surface area contributed by atoms with Gasteiger partial charge < -0.3 is 19.9 Å². The van der Waals surface area contributed by atoms with E-state index in [2.05, 4.69) is 19.9 Å². The number of esters is 1. The van der Waals surface area contributed by atoms with Gasteiger partial charge in [0.15, 0.2) is 0 Å². The van der Waals surface area contributed by atoms with Crippen LogP contribution in [-0.4, -0.2) is 18.8 Å². The van der Waals surface area contributed by atoms with E-state index in [1.165, 1.54) is 0 Å². The molecule has 3 aromatic rings. The molecule has 0 saturated carbocycles. The van der Waals surface area contributed by atoms with Crippen LogP contribution >= 0.6 is 11.8 Å². The van der Waals surface area contributed by atoms with Crippen molar-refractivity contribution in [2.45, 2.75) is 24.7 Å².